The highest BCUT2D eigenvalue weighted by molar-refractivity contribution is 7.92. The molecule has 0 amide bonds. The molecular formula is C18H18N4O4S. The molecule has 8 nitrogen and oxygen atoms in total. The lowest BCUT2D eigenvalue weighted by atomic mass is 10.1. The van der Waals surface area contributed by atoms with Crippen LogP contribution in [0.2, 0.25) is 0 Å². The smallest absolute Gasteiger partial charge is 0.337 e. The Morgan fingerprint density at radius 1 is 1.15 bits per heavy atom. The molecule has 27 heavy (non-hydrogen) atoms. The Hall–Kier alpha value is -3.20. The van der Waals surface area contributed by atoms with Crippen molar-refractivity contribution in [3.8, 4) is 11.4 Å². The van der Waals surface area contributed by atoms with Crippen LogP contribution in [0, 0.1) is 6.92 Å². The third-order valence-corrected chi connectivity index (χ3v) is 5.53. The second-order valence-electron chi connectivity index (χ2n) is 5.92. The molecule has 0 unspecified atom stereocenters. The van der Waals surface area contributed by atoms with E-state index in [-0.39, 0.29) is 10.5 Å². The van der Waals surface area contributed by atoms with E-state index in [1.165, 1.54) is 19.2 Å². The Bertz CT molecular complexity index is 1090. The average molecular weight is 386 g/mol. The van der Waals surface area contributed by atoms with Crippen molar-refractivity contribution < 1.29 is 17.9 Å². The van der Waals surface area contributed by atoms with E-state index < -0.39 is 16.0 Å². The zero-order chi connectivity index (χ0) is 19.6. The summed E-state index contributed by atoms with van der Waals surface area (Å²) in [6, 6.07) is 11.2. The maximum Gasteiger partial charge on any atom is 0.337 e. The largest absolute Gasteiger partial charge is 0.465 e. The first-order valence-electron chi connectivity index (χ1n) is 7.98. The van der Waals surface area contributed by atoms with Gasteiger partial charge in [-0.25, -0.2) is 13.2 Å². The standard InChI is InChI=1S/C18H18N4O4S/c1-12-4-5-14(18(23)26-3)10-16(12)27(24,25)21-15-8-6-13(7-9-15)17-20-19-11-22(17)2/h4-11,21H,1-3H3. The lowest BCUT2D eigenvalue weighted by Gasteiger charge is -2.12. The molecule has 1 aromatic heterocycles. The summed E-state index contributed by atoms with van der Waals surface area (Å²) in [4.78, 5) is 11.7. The van der Waals surface area contributed by atoms with Gasteiger partial charge in [0.1, 0.15) is 6.33 Å². The molecule has 0 radical (unpaired) electrons. The number of carbonyl (C=O) groups excluding carboxylic acids is 1. The first-order chi connectivity index (χ1) is 12.8. The summed E-state index contributed by atoms with van der Waals surface area (Å²) in [6.07, 6.45) is 1.59. The minimum Gasteiger partial charge on any atom is -0.465 e. The van der Waals surface area contributed by atoms with Crippen molar-refractivity contribution in [3.63, 3.8) is 0 Å². The second kappa shape index (κ2) is 7.20. The maximum absolute atomic E-state index is 12.8. The summed E-state index contributed by atoms with van der Waals surface area (Å²) in [5, 5.41) is 7.84. The number of hydrogen-bond donors (Lipinski definition) is 1. The molecule has 2 aromatic carbocycles. The van der Waals surface area contributed by atoms with Gasteiger partial charge in [0.2, 0.25) is 0 Å². The van der Waals surface area contributed by atoms with E-state index in [1.54, 1.807) is 48.1 Å². The number of benzene rings is 2. The minimum atomic E-state index is -3.87. The van der Waals surface area contributed by atoms with Crippen molar-refractivity contribution in [2.24, 2.45) is 7.05 Å². The number of ether oxygens (including phenoxy) is 1. The van der Waals surface area contributed by atoms with Gasteiger partial charge in [-0.15, -0.1) is 10.2 Å². The number of hydrogen-bond acceptors (Lipinski definition) is 6. The van der Waals surface area contributed by atoms with Gasteiger partial charge in [0.15, 0.2) is 5.82 Å². The average Bonchev–Trinajstić information content (AvgIpc) is 3.07. The van der Waals surface area contributed by atoms with Crippen molar-refractivity contribution in [2.45, 2.75) is 11.8 Å². The normalized spacial score (nSPS) is 11.2. The maximum atomic E-state index is 12.8. The van der Waals surface area contributed by atoms with Crippen molar-refractivity contribution in [3.05, 3.63) is 59.9 Å². The van der Waals surface area contributed by atoms with Gasteiger partial charge in [-0.2, -0.15) is 0 Å². The fraction of sp³-hybridized carbons (Fsp3) is 0.167. The summed E-state index contributed by atoms with van der Waals surface area (Å²) >= 11 is 0. The van der Waals surface area contributed by atoms with E-state index >= 15 is 0 Å². The zero-order valence-electron chi connectivity index (χ0n) is 15.0. The van der Waals surface area contributed by atoms with Crippen molar-refractivity contribution in [1.82, 2.24) is 14.8 Å². The molecule has 1 heterocycles. The van der Waals surface area contributed by atoms with Crippen LogP contribution in [0.4, 0.5) is 5.69 Å². The molecule has 0 atom stereocenters. The molecule has 1 N–H and O–H groups in total. The number of methoxy groups -OCH3 is 1. The first kappa shape index (κ1) is 18.6. The third-order valence-electron chi connectivity index (χ3n) is 4.01. The van der Waals surface area contributed by atoms with Gasteiger partial charge in [-0.3, -0.25) is 4.72 Å². The molecule has 0 aliphatic rings. The summed E-state index contributed by atoms with van der Waals surface area (Å²) < 4.78 is 34.5. The lowest BCUT2D eigenvalue weighted by molar-refractivity contribution is 0.0600. The van der Waals surface area contributed by atoms with Crippen molar-refractivity contribution >= 4 is 21.7 Å². The molecular weight excluding hydrogens is 368 g/mol. The van der Waals surface area contributed by atoms with Crippen LogP contribution in [0.1, 0.15) is 15.9 Å². The Morgan fingerprint density at radius 2 is 1.85 bits per heavy atom. The Morgan fingerprint density at radius 3 is 2.44 bits per heavy atom. The lowest BCUT2D eigenvalue weighted by Crippen LogP contribution is -2.15. The summed E-state index contributed by atoms with van der Waals surface area (Å²) in [6.45, 7) is 1.66. The van der Waals surface area contributed by atoms with Crippen LogP contribution in [0.5, 0.6) is 0 Å². The van der Waals surface area contributed by atoms with Gasteiger partial charge in [0, 0.05) is 18.3 Å². The van der Waals surface area contributed by atoms with E-state index in [0.717, 1.165) is 5.56 Å². The topological polar surface area (TPSA) is 103 Å². The quantitative estimate of drug-likeness (QED) is 0.675. The highest BCUT2D eigenvalue weighted by Crippen LogP contribution is 2.23. The van der Waals surface area contributed by atoms with Gasteiger partial charge >= 0.3 is 5.97 Å². The highest BCUT2D eigenvalue weighted by Gasteiger charge is 2.20. The van der Waals surface area contributed by atoms with Gasteiger partial charge < -0.3 is 9.30 Å². The number of nitrogens with one attached hydrogen (secondary N) is 1. The number of rotatable bonds is 5. The Labute approximate surface area is 156 Å². The van der Waals surface area contributed by atoms with Crippen molar-refractivity contribution in [1.29, 1.82) is 0 Å². The summed E-state index contributed by atoms with van der Waals surface area (Å²) in [7, 11) is -0.808. The summed E-state index contributed by atoms with van der Waals surface area (Å²) in [5.74, 6) is 0.0745. The number of aromatic nitrogens is 3. The van der Waals surface area contributed by atoms with Gasteiger partial charge in [0.25, 0.3) is 10.0 Å². The van der Waals surface area contributed by atoms with E-state index in [9.17, 15) is 13.2 Å². The molecule has 0 fully saturated rings. The van der Waals surface area contributed by atoms with Crippen LogP contribution < -0.4 is 4.72 Å². The Kier molecular flexibility index (Phi) is 4.95. The van der Waals surface area contributed by atoms with Crippen LogP contribution >= 0.6 is 0 Å². The second-order valence-corrected chi connectivity index (χ2v) is 7.57. The fourth-order valence-electron chi connectivity index (χ4n) is 2.58. The zero-order valence-corrected chi connectivity index (χ0v) is 15.8. The molecule has 3 rings (SSSR count). The van der Waals surface area contributed by atoms with Crippen molar-refractivity contribution in [2.75, 3.05) is 11.8 Å². The van der Waals surface area contributed by atoms with Gasteiger partial charge in [-0.05, 0) is 48.9 Å². The molecule has 140 valence electrons. The van der Waals surface area contributed by atoms with E-state index in [0.29, 0.717) is 17.1 Å². The molecule has 9 heteroatoms. The number of nitrogens with zero attached hydrogens (tertiary/aromatic N) is 3. The van der Waals surface area contributed by atoms with Gasteiger partial charge in [0.05, 0.1) is 17.6 Å². The molecule has 0 bridgehead atoms. The van der Waals surface area contributed by atoms with Gasteiger partial charge in [-0.1, -0.05) is 6.07 Å². The molecule has 3 aromatic rings. The monoisotopic (exact) mass is 386 g/mol. The predicted octanol–water partition coefficient (Wildman–Crippen LogP) is 2.38. The van der Waals surface area contributed by atoms with E-state index in [4.69, 9.17) is 0 Å². The van der Waals surface area contributed by atoms with Crippen LogP contribution in [0.15, 0.2) is 53.7 Å². The first-order valence-corrected chi connectivity index (χ1v) is 9.46. The fourth-order valence-corrected chi connectivity index (χ4v) is 3.91. The number of esters is 1. The van der Waals surface area contributed by atoms with Crippen LogP contribution in [-0.2, 0) is 21.8 Å². The van der Waals surface area contributed by atoms with E-state index in [1.807, 2.05) is 7.05 Å². The van der Waals surface area contributed by atoms with Crippen LogP contribution in [-0.4, -0.2) is 36.3 Å². The number of carbonyl (C=O) groups is 1. The Balaban J connectivity index is 1.89. The predicted molar refractivity (Wildman–Crippen MR) is 99.8 cm³/mol. The summed E-state index contributed by atoms with van der Waals surface area (Å²) in [5.41, 5.74) is 1.89. The third kappa shape index (κ3) is 3.82. The number of sulfonamides is 1. The van der Waals surface area contributed by atoms with E-state index in [2.05, 4.69) is 19.7 Å². The molecule has 0 spiro atoms. The number of aryl methyl sites for hydroxylation is 2. The molecule has 0 aliphatic heterocycles. The molecule has 0 aliphatic carbocycles. The minimum absolute atomic E-state index is 0.0165. The number of anilines is 1. The molecule has 0 saturated heterocycles. The highest BCUT2D eigenvalue weighted by atomic mass is 32.2. The molecule has 0 saturated carbocycles. The van der Waals surface area contributed by atoms with Crippen LogP contribution in [0.25, 0.3) is 11.4 Å². The SMILES string of the molecule is COC(=O)c1ccc(C)c(S(=O)(=O)Nc2ccc(-c3nncn3C)cc2)c1. The van der Waals surface area contributed by atoms with Crippen LogP contribution in [0.3, 0.4) is 0 Å².